The first kappa shape index (κ1) is 17.5. The number of piperazine rings is 1. The minimum absolute atomic E-state index is 0.0133. The average molecular weight is 372 g/mol. The van der Waals surface area contributed by atoms with Crippen LogP contribution in [-0.2, 0) is 10.2 Å². The smallest absolute Gasteiger partial charge is 0.279 e. The van der Waals surface area contributed by atoms with Gasteiger partial charge in [0.05, 0.1) is 0 Å². The largest absolute Gasteiger partial charge is 0.369 e. The number of benzene rings is 1. The minimum Gasteiger partial charge on any atom is -0.369 e. The highest BCUT2D eigenvalue weighted by atomic mass is 32.2. The molecule has 7 heteroatoms. The van der Waals surface area contributed by atoms with Gasteiger partial charge in [0, 0.05) is 56.2 Å². The van der Waals surface area contributed by atoms with Crippen LogP contribution in [0.25, 0.3) is 0 Å². The van der Waals surface area contributed by atoms with Crippen molar-refractivity contribution >= 4 is 15.9 Å². The molecule has 2 fully saturated rings. The monoisotopic (exact) mass is 372 g/mol. The second-order valence-corrected chi connectivity index (χ2v) is 8.74. The number of hydrogen-bond acceptors (Lipinski definition) is 4. The quantitative estimate of drug-likeness (QED) is 0.870. The van der Waals surface area contributed by atoms with Crippen molar-refractivity contribution in [3.8, 4) is 0 Å². The maximum absolute atomic E-state index is 12.8. The molecule has 2 aromatic rings. The zero-order valence-corrected chi connectivity index (χ0v) is 15.6. The normalized spacial score (nSPS) is 26.7. The van der Waals surface area contributed by atoms with E-state index in [-0.39, 0.29) is 12.0 Å². The second kappa shape index (κ2) is 6.98. The first-order valence-corrected chi connectivity index (χ1v) is 10.5. The number of anilines is 1. The molecule has 0 radical (unpaired) electrons. The summed E-state index contributed by atoms with van der Waals surface area (Å²) in [6.45, 7) is 4.47. The van der Waals surface area contributed by atoms with Crippen LogP contribution in [-0.4, -0.2) is 49.9 Å². The Morgan fingerprint density at radius 3 is 2.31 bits per heavy atom. The van der Waals surface area contributed by atoms with Gasteiger partial charge in [-0.1, -0.05) is 37.3 Å². The molecule has 0 unspecified atom stereocenters. The molecule has 1 aliphatic heterocycles. The van der Waals surface area contributed by atoms with E-state index >= 15 is 0 Å². The van der Waals surface area contributed by atoms with E-state index in [4.69, 9.17) is 0 Å². The Bertz CT molecular complexity index is 836. The first-order valence-electron chi connectivity index (χ1n) is 9.03. The van der Waals surface area contributed by atoms with E-state index in [1.807, 2.05) is 30.3 Å². The van der Waals surface area contributed by atoms with E-state index in [0.717, 1.165) is 5.69 Å². The van der Waals surface area contributed by atoms with Crippen molar-refractivity contribution in [1.82, 2.24) is 14.0 Å². The molecule has 1 aliphatic carbocycles. The van der Waals surface area contributed by atoms with E-state index in [1.54, 1.807) is 16.7 Å². The summed E-state index contributed by atoms with van der Waals surface area (Å²) < 4.78 is 30.1. The van der Waals surface area contributed by atoms with Gasteiger partial charge < -0.3 is 4.90 Å². The summed E-state index contributed by atoms with van der Waals surface area (Å²) in [6, 6.07) is 14.0. The lowest BCUT2D eigenvalue weighted by Gasteiger charge is -2.35. The van der Waals surface area contributed by atoms with Gasteiger partial charge in [0.2, 0.25) is 0 Å². The van der Waals surface area contributed by atoms with Gasteiger partial charge in [0.15, 0.2) is 0 Å². The number of hydrogen-bond donors (Lipinski definition) is 1. The highest BCUT2D eigenvalue weighted by molar-refractivity contribution is 7.87. The number of rotatable bonds is 5. The highest BCUT2D eigenvalue weighted by Gasteiger charge is 2.50. The molecule has 2 heterocycles. The van der Waals surface area contributed by atoms with Gasteiger partial charge in [-0.15, -0.1) is 0 Å². The Morgan fingerprint density at radius 2 is 1.65 bits per heavy atom. The molecule has 26 heavy (non-hydrogen) atoms. The van der Waals surface area contributed by atoms with Crippen molar-refractivity contribution in [2.75, 3.05) is 31.1 Å². The van der Waals surface area contributed by atoms with E-state index in [9.17, 15) is 8.42 Å². The fraction of sp³-hybridized carbons (Fsp3) is 0.421. The van der Waals surface area contributed by atoms with Crippen LogP contribution < -0.4 is 9.62 Å². The van der Waals surface area contributed by atoms with Crippen molar-refractivity contribution in [1.29, 1.82) is 0 Å². The fourth-order valence-electron chi connectivity index (χ4n) is 3.82. The number of nitrogens with one attached hydrogen (secondary N) is 1. The highest BCUT2D eigenvalue weighted by Crippen LogP contribution is 2.47. The molecule has 1 aromatic carbocycles. The average Bonchev–Trinajstić information content (AvgIpc) is 3.31. The van der Waals surface area contributed by atoms with E-state index in [1.165, 1.54) is 5.56 Å². The molecule has 0 amide bonds. The summed E-state index contributed by atoms with van der Waals surface area (Å²) in [4.78, 5) is 6.22. The van der Waals surface area contributed by atoms with Gasteiger partial charge in [-0.25, -0.2) is 0 Å². The molecule has 4 rings (SSSR count). The Labute approximate surface area is 155 Å². The van der Waals surface area contributed by atoms with Crippen LogP contribution in [0.15, 0.2) is 54.9 Å². The Hall–Kier alpha value is -1.96. The predicted octanol–water partition coefficient (Wildman–Crippen LogP) is 1.84. The van der Waals surface area contributed by atoms with Gasteiger partial charge in [-0.3, -0.25) is 4.98 Å². The van der Waals surface area contributed by atoms with Crippen molar-refractivity contribution in [3.05, 3.63) is 60.4 Å². The predicted molar refractivity (Wildman–Crippen MR) is 102 cm³/mol. The maximum atomic E-state index is 12.8. The maximum Gasteiger partial charge on any atom is 0.279 e. The number of pyridine rings is 1. The summed E-state index contributed by atoms with van der Waals surface area (Å²) in [5.41, 5.74) is 2.29. The van der Waals surface area contributed by atoms with Crippen LogP contribution in [0.2, 0.25) is 0 Å². The van der Waals surface area contributed by atoms with Gasteiger partial charge in [-0.2, -0.15) is 17.4 Å². The zero-order chi connectivity index (χ0) is 18.1. The molecule has 1 saturated carbocycles. The van der Waals surface area contributed by atoms with Gasteiger partial charge in [-0.05, 0) is 23.6 Å². The molecule has 2 aliphatic rings. The molecule has 3 atom stereocenters. The number of aromatic nitrogens is 1. The van der Waals surface area contributed by atoms with Crippen LogP contribution in [0, 0.1) is 5.92 Å². The Kier molecular flexibility index (Phi) is 4.69. The zero-order valence-electron chi connectivity index (χ0n) is 14.8. The van der Waals surface area contributed by atoms with E-state index in [2.05, 4.69) is 33.7 Å². The van der Waals surface area contributed by atoms with Crippen molar-refractivity contribution in [2.24, 2.45) is 5.92 Å². The van der Waals surface area contributed by atoms with Gasteiger partial charge in [0.1, 0.15) is 0 Å². The molecule has 1 aromatic heterocycles. The lowest BCUT2D eigenvalue weighted by molar-refractivity contribution is 0.377. The second-order valence-electron chi connectivity index (χ2n) is 7.04. The third-order valence-electron chi connectivity index (χ3n) is 5.45. The third kappa shape index (κ3) is 3.47. The van der Waals surface area contributed by atoms with Crippen LogP contribution in [0.1, 0.15) is 18.4 Å². The molecule has 0 spiro atoms. The van der Waals surface area contributed by atoms with Crippen LogP contribution >= 0.6 is 0 Å². The van der Waals surface area contributed by atoms with E-state index in [0.29, 0.717) is 32.1 Å². The van der Waals surface area contributed by atoms with Gasteiger partial charge >= 0.3 is 0 Å². The summed E-state index contributed by atoms with van der Waals surface area (Å²) in [6.07, 6.45) is 3.52. The third-order valence-corrected chi connectivity index (χ3v) is 7.07. The summed E-state index contributed by atoms with van der Waals surface area (Å²) >= 11 is 0. The number of nitrogens with zero attached hydrogens (tertiary/aromatic N) is 3. The molecule has 1 saturated heterocycles. The lowest BCUT2D eigenvalue weighted by atomic mass is 10.1. The van der Waals surface area contributed by atoms with Gasteiger partial charge in [0.25, 0.3) is 10.2 Å². The molecular formula is C19H24N4O2S. The molecule has 138 valence electrons. The molecule has 1 N–H and O–H groups in total. The lowest BCUT2D eigenvalue weighted by Crippen LogP contribution is -2.52. The van der Waals surface area contributed by atoms with Crippen molar-refractivity contribution in [3.63, 3.8) is 0 Å². The van der Waals surface area contributed by atoms with Crippen molar-refractivity contribution < 1.29 is 8.42 Å². The Morgan fingerprint density at radius 1 is 1.00 bits per heavy atom. The topological polar surface area (TPSA) is 65.5 Å². The van der Waals surface area contributed by atoms with Crippen LogP contribution in [0.5, 0.6) is 0 Å². The first-order chi connectivity index (χ1) is 12.6. The van der Waals surface area contributed by atoms with Crippen molar-refractivity contribution in [2.45, 2.75) is 18.9 Å². The summed E-state index contributed by atoms with van der Waals surface area (Å²) in [5, 5.41) is 0. The van der Waals surface area contributed by atoms with Crippen LogP contribution in [0.3, 0.4) is 0 Å². The minimum atomic E-state index is -3.46. The summed E-state index contributed by atoms with van der Waals surface area (Å²) in [5.74, 6) is 0.592. The molecule has 6 nitrogen and oxygen atoms in total. The van der Waals surface area contributed by atoms with Crippen LogP contribution in [0.4, 0.5) is 5.69 Å². The summed E-state index contributed by atoms with van der Waals surface area (Å²) in [7, 11) is -3.46. The molecule has 0 bridgehead atoms. The van der Waals surface area contributed by atoms with E-state index < -0.39 is 10.2 Å². The SMILES string of the molecule is C[C@H]1[C@H](NS(=O)(=O)N2CCN(c3ccncc3)CC2)[C@H]1c1ccccc1. The standard InChI is InChI=1S/C19H24N4O2S/c1-15-18(16-5-3-2-4-6-16)19(15)21-26(24,25)23-13-11-22(12-14-23)17-7-9-20-10-8-17/h2-10,15,18-19,21H,11-14H2,1H3/t15-,18-,19+/m1/s1. The Balaban J connectivity index is 1.36. The molecular weight excluding hydrogens is 348 g/mol. The fourth-order valence-corrected chi connectivity index (χ4v) is 5.32.